The molecule has 0 unspecified atom stereocenters. The van der Waals surface area contributed by atoms with Gasteiger partial charge in [-0.15, -0.1) is 0 Å². The molecule has 166 valence electrons. The molecule has 3 heterocycles. The number of nitrogens with zero attached hydrogens (tertiary/aromatic N) is 2. The molecule has 0 saturated carbocycles. The zero-order chi connectivity index (χ0) is 23.1. The lowest BCUT2D eigenvalue weighted by Crippen LogP contribution is -2.35. The highest BCUT2D eigenvalue weighted by Crippen LogP contribution is 2.48. The zero-order valence-corrected chi connectivity index (χ0v) is 20.4. The molecule has 0 bridgehead atoms. The third-order valence-corrected chi connectivity index (χ3v) is 7.86. The van der Waals surface area contributed by atoms with E-state index < -0.39 is 0 Å². The lowest BCUT2D eigenvalue weighted by Gasteiger charge is -2.41. The normalized spacial score (nSPS) is 17.0. The van der Waals surface area contributed by atoms with E-state index in [9.17, 15) is 0 Å². The zero-order valence-electron chi connectivity index (χ0n) is 20.4. The Kier molecular flexibility index (Phi) is 4.12. The standard InChI is InChI=1S/C30H31N2O/c1-18-10-11-20-22-15-19-17-31-28-26(29(2,3)12-13-30(28,4)5)21(19)16-24(22)33-27(20)25(18)23-9-7-8-14-32(23)6/h7-11,14-17H,12-13H2,1-6H3/q+1. The van der Waals surface area contributed by atoms with E-state index in [2.05, 4.69) is 101 Å². The lowest BCUT2D eigenvalue weighted by molar-refractivity contribution is -0.660. The van der Waals surface area contributed by atoms with Gasteiger partial charge in [-0.3, -0.25) is 4.98 Å². The Morgan fingerprint density at radius 1 is 0.909 bits per heavy atom. The van der Waals surface area contributed by atoms with Gasteiger partial charge in [0.2, 0.25) is 5.69 Å². The second-order valence-electron chi connectivity index (χ2n) is 11.1. The number of rotatable bonds is 1. The van der Waals surface area contributed by atoms with Gasteiger partial charge >= 0.3 is 0 Å². The van der Waals surface area contributed by atoms with E-state index in [0.717, 1.165) is 39.6 Å². The Labute approximate surface area is 195 Å². The van der Waals surface area contributed by atoms with Gasteiger partial charge in [0.25, 0.3) is 0 Å². The topological polar surface area (TPSA) is 29.9 Å². The van der Waals surface area contributed by atoms with Crippen LogP contribution >= 0.6 is 0 Å². The van der Waals surface area contributed by atoms with Crippen LogP contribution in [0.15, 0.2) is 59.3 Å². The van der Waals surface area contributed by atoms with Crippen molar-refractivity contribution in [1.82, 2.24) is 4.98 Å². The van der Waals surface area contributed by atoms with Gasteiger partial charge in [0.15, 0.2) is 6.20 Å². The van der Waals surface area contributed by atoms with Crippen LogP contribution in [0.25, 0.3) is 44.0 Å². The monoisotopic (exact) mass is 435 g/mol. The average molecular weight is 436 g/mol. The molecular formula is C30H31N2O+. The summed E-state index contributed by atoms with van der Waals surface area (Å²) >= 11 is 0. The number of pyridine rings is 2. The van der Waals surface area contributed by atoms with Crippen LogP contribution in [0.2, 0.25) is 0 Å². The number of hydrogen-bond acceptors (Lipinski definition) is 2. The molecule has 0 atom stereocenters. The highest BCUT2D eigenvalue weighted by atomic mass is 16.3. The van der Waals surface area contributed by atoms with Crippen LogP contribution in [-0.2, 0) is 17.9 Å². The molecule has 3 heteroatoms. The largest absolute Gasteiger partial charge is 0.455 e. The Morgan fingerprint density at radius 2 is 1.70 bits per heavy atom. The Morgan fingerprint density at radius 3 is 2.48 bits per heavy atom. The molecule has 0 spiro atoms. The first-order valence-corrected chi connectivity index (χ1v) is 11.9. The maximum atomic E-state index is 6.66. The summed E-state index contributed by atoms with van der Waals surface area (Å²) in [6, 6.07) is 15.3. The van der Waals surface area contributed by atoms with Crippen LogP contribution in [0.5, 0.6) is 0 Å². The molecule has 0 radical (unpaired) electrons. The van der Waals surface area contributed by atoms with Crippen LogP contribution < -0.4 is 4.57 Å². The van der Waals surface area contributed by atoms with E-state index >= 15 is 0 Å². The molecule has 0 fully saturated rings. The van der Waals surface area contributed by atoms with Crippen LogP contribution in [0.1, 0.15) is 57.4 Å². The van der Waals surface area contributed by atoms with Crippen LogP contribution in [0.3, 0.4) is 0 Å². The minimum Gasteiger partial charge on any atom is -0.455 e. The maximum Gasteiger partial charge on any atom is 0.216 e. The van der Waals surface area contributed by atoms with Crippen LogP contribution in [0.4, 0.5) is 0 Å². The van der Waals surface area contributed by atoms with Gasteiger partial charge in [-0.05, 0) is 59.9 Å². The first kappa shape index (κ1) is 20.4. The summed E-state index contributed by atoms with van der Waals surface area (Å²) in [4.78, 5) is 5.02. The predicted octanol–water partition coefficient (Wildman–Crippen LogP) is 7.28. The SMILES string of the molecule is Cc1ccc2c(oc3cc4c5c(ncc4cc32)C(C)(C)CCC5(C)C)c1-c1cccc[n+]1C. The lowest BCUT2D eigenvalue weighted by atomic mass is 9.64. The first-order chi connectivity index (χ1) is 15.7. The number of hydrogen-bond donors (Lipinski definition) is 0. The fourth-order valence-electron chi connectivity index (χ4n) is 5.82. The quantitative estimate of drug-likeness (QED) is 0.259. The predicted molar refractivity (Wildman–Crippen MR) is 136 cm³/mol. The van der Waals surface area contributed by atoms with E-state index in [1.54, 1.807) is 0 Å². The van der Waals surface area contributed by atoms with Gasteiger partial charge in [0.1, 0.15) is 18.2 Å². The highest BCUT2D eigenvalue weighted by Gasteiger charge is 2.39. The van der Waals surface area contributed by atoms with Gasteiger partial charge < -0.3 is 4.42 Å². The van der Waals surface area contributed by atoms with Gasteiger partial charge in [0, 0.05) is 39.9 Å². The van der Waals surface area contributed by atoms with Gasteiger partial charge in [-0.25, -0.2) is 4.57 Å². The van der Waals surface area contributed by atoms with Crippen molar-refractivity contribution in [2.75, 3.05) is 0 Å². The molecule has 0 saturated heterocycles. The van der Waals surface area contributed by atoms with Crippen LogP contribution in [-0.4, -0.2) is 4.98 Å². The first-order valence-electron chi connectivity index (χ1n) is 11.9. The number of aryl methyl sites for hydroxylation is 2. The second kappa shape index (κ2) is 6.66. The fourth-order valence-corrected chi connectivity index (χ4v) is 5.82. The number of benzene rings is 2. The minimum atomic E-state index is 0.0915. The summed E-state index contributed by atoms with van der Waals surface area (Å²) in [5, 5.41) is 4.80. The molecule has 2 aromatic carbocycles. The van der Waals surface area contributed by atoms with Gasteiger partial charge in [-0.2, -0.15) is 0 Å². The van der Waals surface area contributed by atoms with E-state index in [1.807, 2.05) is 0 Å². The molecule has 6 rings (SSSR count). The molecule has 3 aromatic heterocycles. The molecule has 1 aliphatic rings. The van der Waals surface area contributed by atoms with Crippen molar-refractivity contribution in [1.29, 1.82) is 0 Å². The van der Waals surface area contributed by atoms with E-state index in [0.29, 0.717) is 0 Å². The molecule has 0 N–H and O–H groups in total. The van der Waals surface area contributed by atoms with Crippen molar-refractivity contribution in [2.24, 2.45) is 7.05 Å². The maximum absolute atomic E-state index is 6.66. The number of fused-ring (bicyclic) bond motifs is 6. The number of aromatic nitrogens is 2. The smallest absolute Gasteiger partial charge is 0.216 e. The van der Waals surface area contributed by atoms with E-state index in [1.165, 1.54) is 34.0 Å². The van der Waals surface area contributed by atoms with Gasteiger partial charge in [0.05, 0.1) is 11.3 Å². The molecule has 3 nitrogen and oxygen atoms in total. The summed E-state index contributed by atoms with van der Waals surface area (Å²) in [6.07, 6.45) is 6.49. The number of furan rings is 1. The van der Waals surface area contributed by atoms with E-state index in [-0.39, 0.29) is 10.8 Å². The highest BCUT2D eigenvalue weighted by molar-refractivity contribution is 6.13. The average Bonchev–Trinajstić information content (AvgIpc) is 3.13. The molecular weight excluding hydrogens is 404 g/mol. The summed E-state index contributed by atoms with van der Waals surface area (Å²) in [7, 11) is 2.09. The molecule has 0 amide bonds. The third kappa shape index (κ3) is 2.88. The van der Waals surface area contributed by atoms with Crippen LogP contribution in [0, 0.1) is 6.92 Å². The summed E-state index contributed by atoms with van der Waals surface area (Å²) in [6.45, 7) is 11.5. The third-order valence-electron chi connectivity index (χ3n) is 7.86. The second-order valence-corrected chi connectivity index (χ2v) is 11.1. The fraction of sp³-hybridized carbons (Fsp3) is 0.333. The Hall–Kier alpha value is -3.20. The minimum absolute atomic E-state index is 0.0915. The van der Waals surface area contributed by atoms with Crippen molar-refractivity contribution in [3.63, 3.8) is 0 Å². The van der Waals surface area contributed by atoms with Crippen molar-refractivity contribution >= 4 is 32.7 Å². The molecule has 1 aliphatic carbocycles. The van der Waals surface area contributed by atoms with Gasteiger partial charge in [-0.1, -0.05) is 39.8 Å². The molecule has 5 aromatic rings. The molecule has 33 heavy (non-hydrogen) atoms. The summed E-state index contributed by atoms with van der Waals surface area (Å²) < 4.78 is 8.82. The summed E-state index contributed by atoms with van der Waals surface area (Å²) in [5.41, 5.74) is 8.28. The Bertz CT molecular complexity index is 1590. The molecule has 0 aliphatic heterocycles. The van der Waals surface area contributed by atoms with Crippen molar-refractivity contribution < 1.29 is 8.98 Å². The Balaban J connectivity index is 1.72. The summed E-state index contributed by atoms with van der Waals surface area (Å²) in [5.74, 6) is 0. The van der Waals surface area contributed by atoms with Crippen molar-refractivity contribution in [3.05, 3.63) is 71.7 Å². The van der Waals surface area contributed by atoms with E-state index in [4.69, 9.17) is 9.40 Å². The van der Waals surface area contributed by atoms with Crippen molar-refractivity contribution in [3.8, 4) is 11.3 Å². The van der Waals surface area contributed by atoms with Crippen molar-refractivity contribution in [2.45, 2.75) is 58.3 Å².